The number of ether oxygens (including phenoxy) is 2. The highest BCUT2D eigenvalue weighted by molar-refractivity contribution is 5.79. The number of amides is 1. The molecule has 1 unspecified atom stereocenters. The molecule has 1 aliphatic carbocycles. The van der Waals surface area contributed by atoms with Gasteiger partial charge in [-0.2, -0.15) is 0 Å². The van der Waals surface area contributed by atoms with Crippen LogP contribution in [0.4, 0.5) is 0 Å². The molecule has 0 radical (unpaired) electrons. The summed E-state index contributed by atoms with van der Waals surface area (Å²) in [5.41, 5.74) is 0.227. The van der Waals surface area contributed by atoms with Crippen LogP contribution in [0, 0.1) is 0 Å². The van der Waals surface area contributed by atoms with Crippen LogP contribution in [0.15, 0.2) is 0 Å². The Hall–Kier alpha value is -0.650. The van der Waals surface area contributed by atoms with Gasteiger partial charge >= 0.3 is 0 Å². The van der Waals surface area contributed by atoms with Crippen molar-refractivity contribution in [2.75, 3.05) is 26.3 Å². The Morgan fingerprint density at radius 1 is 1.17 bits per heavy atom. The maximum Gasteiger partial charge on any atom is 0.234 e. The predicted molar refractivity (Wildman–Crippen MR) is 64.0 cm³/mol. The molecule has 5 heteroatoms. The molecule has 2 bridgehead atoms. The second-order valence-corrected chi connectivity index (χ2v) is 6.18. The lowest BCUT2D eigenvalue weighted by molar-refractivity contribution is -0.191. The van der Waals surface area contributed by atoms with Crippen molar-refractivity contribution in [2.45, 2.75) is 49.5 Å². The van der Waals surface area contributed by atoms with Gasteiger partial charge in [-0.25, -0.2) is 0 Å². The summed E-state index contributed by atoms with van der Waals surface area (Å²) >= 11 is 0. The highest BCUT2D eigenvalue weighted by Gasteiger charge is 2.54. The summed E-state index contributed by atoms with van der Waals surface area (Å²) in [4.78, 5) is 14.0. The Morgan fingerprint density at radius 3 is 2.61 bits per heavy atom. The number of nitrogens with one attached hydrogen (secondary N) is 1. The maximum absolute atomic E-state index is 11.6. The minimum absolute atomic E-state index is 0.191. The second-order valence-electron chi connectivity index (χ2n) is 6.18. The molecule has 4 rings (SSSR count). The zero-order valence-corrected chi connectivity index (χ0v) is 10.6. The van der Waals surface area contributed by atoms with Gasteiger partial charge in [-0.1, -0.05) is 0 Å². The third kappa shape index (κ3) is 1.54. The van der Waals surface area contributed by atoms with Gasteiger partial charge in [-0.15, -0.1) is 0 Å². The summed E-state index contributed by atoms with van der Waals surface area (Å²) in [6.07, 6.45) is 5.25. The maximum atomic E-state index is 11.6. The lowest BCUT2D eigenvalue weighted by Crippen LogP contribution is -2.54. The van der Waals surface area contributed by atoms with Gasteiger partial charge in [-0.05, 0) is 19.3 Å². The molecule has 2 spiro atoms. The summed E-state index contributed by atoms with van der Waals surface area (Å²) in [5, 5.41) is 3.10. The lowest BCUT2D eigenvalue weighted by Gasteiger charge is -2.45. The fourth-order valence-electron chi connectivity index (χ4n) is 4.29. The first-order chi connectivity index (χ1) is 8.70. The number of nitrogens with zero attached hydrogens (tertiary/aromatic N) is 1. The summed E-state index contributed by atoms with van der Waals surface area (Å²) in [7, 11) is 0. The SMILES string of the molecule is O=C1CN2C[C@H](CC23CCC2(CC3)OCCO2)N1. The van der Waals surface area contributed by atoms with Crippen molar-refractivity contribution in [3.05, 3.63) is 0 Å². The van der Waals surface area contributed by atoms with E-state index in [0.29, 0.717) is 12.6 Å². The van der Waals surface area contributed by atoms with Gasteiger partial charge in [0.25, 0.3) is 0 Å². The number of rotatable bonds is 0. The van der Waals surface area contributed by atoms with Crippen LogP contribution < -0.4 is 5.32 Å². The molecule has 5 nitrogen and oxygen atoms in total. The van der Waals surface area contributed by atoms with Crippen LogP contribution >= 0.6 is 0 Å². The van der Waals surface area contributed by atoms with Gasteiger partial charge in [0, 0.05) is 31.0 Å². The predicted octanol–water partition coefficient (Wildman–Crippen LogP) is 0.246. The highest BCUT2D eigenvalue weighted by Crippen LogP contribution is 2.48. The standard InChI is InChI=1S/C13H20N2O3/c16-11-9-15-8-10(14-11)7-12(15)1-3-13(4-2-12)17-5-6-18-13/h10H,1-9H2,(H,14,16)/t10-/m0/s1. The van der Waals surface area contributed by atoms with Gasteiger partial charge in [-0.3, -0.25) is 9.69 Å². The van der Waals surface area contributed by atoms with Crippen molar-refractivity contribution in [1.82, 2.24) is 10.2 Å². The summed E-state index contributed by atoms with van der Waals surface area (Å²) in [6.45, 7) is 3.07. The van der Waals surface area contributed by atoms with Gasteiger partial charge in [0.2, 0.25) is 5.91 Å². The number of piperazine rings is 1. The Bertz CT molecular complexity index is 368. The molecule has 3 heterocycles. The fourth-order valence-corrected chi connectivity index (χ4v) is 4.29. The topological polar surface area (TPSA) is 50.8 Å². The minimum Gasteiger partial charge on any atom is -0.351 e. The number of carbonyl (C=O) groups excluding carboxylic acids is 1. The summed E-state index contributed by atoms with van der Waals surface area (Å²) in [5.74, 6) is -0.0997. The van der Waals surface area contributed by atoms with Gasteiger partial charge in [0.1, 0.15) is 0 Å². The van der Waals surface area contributed by atoms with Crippen molar-refractivity contribution < 1.29 is 14.3 Å². The van der Waals surface area contributed by atoms with Crippen molar-refractivity contribution >= 4 is 5.91 Å². The molecule has 18 heavy (non-hydrogen) atoms. The quantitative estimate of drug-likeness (QED) is 0.671. The van der Waals surface area contributed by atoms with Crippen molar-refractivity contribution in [3.8, 4) is 0 Å². The first-order valence-corrected chi connectivity index (χ1v) is 7.02. The van der Waals surface area contributed by atoms with E-state index in [1.165, 1.54) is 0 Å². The molecule has 100 valence electrons. The zero-order valence-electron chi connectivity index (χ0n) is 10.6. The number of hydrogen-bond donors (Lipinski definition) is 1. The van der Waals surface area contributed by atoms with E-state index in [4.69, 9.17) is 9.47 Å². The molecule has 3 saturated heterocycles. The Kier molecular flexibility index (Phi) is 2.29. The molecule has 0 aromatic carbocycles. The molecule has 1 N–H and O–H groups in total. The highest BCUT2D eigenvalue weighted by atomic mass is 16.7. The molecule has 0 aromatic rings. The van der Waals surface area contributed by atoms with E-state index >= 15 is 0 Å². The molecule has 2 atom stereocenters. The Morgan fingerprint density at radius 2 is 1.89 bits per heavy atom. The third-order valence-electron chi connectivity index (χ3n) is 5.19. The fraction of sp³-hybridized carbons (Fsp3) is 0.923. The van der Waals surface area contributed by atoms with E-state index in [9.17, 15) is 4.79 Å². The van der Waals surface area contributed by atoms with Crippen LogP contribution in [-0.2, 0) is 14.3 Å². The third-order valence-corrected chi connectivity index (χ3v) is 5.19. The Balaban J connectivity index is 1.52. The van der Waals surface area contributed by atoms with Gasteiger partial charge in [0.15, 0.2) is 5.79 Å². The van der Waals surface area contributed by atoms with Crippen LogP contribution in [0.5, 0.6) is 0 Å². The van der Waals surface area contributed by atoms with E-state index in [-0.39, 0.29) is 17.2 Å². The smallest absolute Gasteiger partial charge is 0.234 e. The van der Waals surface area contributed by atoms with Crippen LogP contribution in [0.1, 0.15) is 32.1 Å². The van der Waals surface area contributed by atoms with Crippen molar-refractivity contribution in [3.63, 3.8) is 0 Å². The van der Waals surface area contributed by atoms with Crippen LogP contribution in [0.3, 0.4) is 0 Å². The second kappa shape index (κ2) is 3.68. The normalized spacial score (nSPS) is 40.3. The van der Waals surface area contributed by atoms with E-state index in [1.54, 1.807) is 0 Å². The number of carbonyl (C=O) groups is 1. The average molecular weight is 252 g/mol. The summed E-state index contributed by atoms with van der Waals surface area (Å²) in [6, 6.07) is 0.366. The molecule has 1 saturated carbocycles. The van der Waals surface area contributed by atoms with Crippen LogP contribution in [-0.4, -0.2) is 54.5 Å². The molecule has 4 aliphatic rings. The molecule has 0 aromatic heterocycles. The number of hydrogen-bond acceptors (Lipinski definition) is 4. The first-order valence-electron chi connectivity index (χ1n) is 7.02. The molecule has 1 amide bonds. The Labute approximate surface area is 107 Å². The number of fused-ring (bicyclic) bond motifs is 3. The lowest BCUT2D eigenvalue weighted by atomic mass is 9.76. The molecule has 3 aliphatic heterocycles. The average Bonchev–Trinajstić information content (AvgIpc) is 2.89. The van der Waals surface area contributed by atoms with Gasteiger partial charge < -0.3 is 14.8 Å². The summed E-state index contributed by atoms with van der Waals surface area (Å²) < 4.78 is 11.6. The monoisotopic (exact) mass is 252 g/mol. The van der Waals surface area contributed by atoms with E-state index in [1.807, 2.05) is 0 Å². The van der Waals surface area contributed by atoms with Crippen LogP contribution in [0.25, 0.3) is 0 Å². The molecular formula is C13H20N2O3. The first kappa shape index (κ1) is 11.2. The largest absolute Gasteiger partial charge is 0.351 e. The van der Waals surface area contributed by atoms with E-state index in [0.717, 1.165) is 51.9 Å². The molecule has 4 fully saturated rings. The van der Waals surface area contributed by atoms with Crippen molar-refractivity contribution in [1.29, 1.82) is 0 Å². The van der Waals surface area contributed by atoms with E-state index < -0.39 is 0 Å². The molecular weight excluding hydrogens is 232 g/mol. The van der Waals surface area contributed by atoms with Crippen LogP contribution in [0.2, 0.25) is 0 Å². The minimum atomic E-state index is -0.291. The zero-order chi connectivity index (χ0) is 12.2. The van der Waals surface area contributed by atoms with Crippen molar-refractivity contribution in [2.24, 2.45) is 0 Å². The van der Waals surface area contributed by atoms with Gasteiger partial charge in [0.05, 0.1) is 19.8 Å². The van der Waals surface area contributed by atoms with E-state index in [2.05, 4.69) is 10.2 Å².